The fourth-order valence-electron chi connectivity index (χ4n) is 3.63. The molecule has 8 nitrogen and oxygen atoms in total. The van der Waals surface area contributed by atoms with E-state index in [2.05, 4.69) is 4.99 Å². The maximum absolute atomic E-state index is 12.4. The third-order valence-corrected chi connectivity index (χ3v) is 6.03. The number of fused-ring (bicyclic) bond motifs is 1. The van der Waals surface area contributed by atoms with Crippen molar-refractivity contribution in [2.75, 3.05) is 18.9 Å². The molecule has 4 atom stereocenters. The lowest BCUT2D eigenvalue weighted by Gasteiger charge is -2.50. The summed E-state index contributed by atoms with van der Waals surface area (Å²) in [5.41, 5.74) is 4.45. The van der Waals surface area contributed by atoms with Crippen LogP contribution in [0.15, 0.2) is 15.6 Å². The maximum atomic E-state index is 12.4. The van der Waals surface area contributed by atoms with Crippen molar-refractivity contribution < 1.29 is 24.9 Å². The Kier molecular flexibility index (Phi) is 5.56. The number of thioether (sulfide) groups is 1. The van der Waals surface area contributed by atoms with Crippen LogP contribution in [0.1, 0.15) is 20.3 Å². The Balaban J connectivity index is 2.41. The zero-order valence-electron chi connectivity index (χ0n) is 13.7. The van der Waals surface area contributed by atoms with E-state index in [1.807, 2.05) is 6.92 Å². The van der Waals surface area contributed by atoms with Crippen molar-refractivity contribution in [1.29, 1.82) is 0 Å². The SMILES string of the molecule is CC(O)C1C(=O)N2C(C(=O)O)=C(SCCN=CN)C(C)(CCO)C12. The van der Waals surface area contributed by atoms with Crippen molar-refractivity contribution in [3.8, 4) is 0 Å². The highest BCUT2D eigenvalue weighted by atomic mass is 32.2. The van der Waals surface area contributed by atoms with Crippen LogP contribution in [0, 0.1) is 11.3 Å². The molecular formula is C15H23N3O5S. The van der Waals surface area contributed by atoms with Gasteiger partial charge in [-0.2, -0.15) is 0 Å². The predicted molar refractivity (Wildman–Crippen MR) is 90.3 cm³/mol. The van der Waals surface area contributed by atoms with Crippen LogP contribution in [0.5, 0.6) is 0 Å². The van der Waals surface area contributed by atoms with Crippen LogP contribution in [-0.4, -0.2) is 69.5 Å². The minimum atomic E-state index is -1.18. The first kappa shape index (κ1) is 18.8. The topological polar surface area (TPSA) is 136 Å². The number of nitrogens with two attached hydrogens (primary N) is 1. The molecule has 134 valence electrons. The van der Waals surface area contributed by atoms with Crippen LogP contribution < -0.4 is 5.73 Å². The van der Waals surface area contributed by atoms with E-state index in [9.17, 15) is 24.9 Å². The molecule has 2 heterocycles. The van der Waals surface area contributed by atoms with Crippen molar-refractivity contribution in [2.45, 2.75) is 32.4 Å². The van der Waals surface area contributed by atoms with Gasteiger partial charge in [-0.15, -0.1) is 11.8 Å². The van der Waals surface area contributed by atoms with E-state index in [1.165, 1.54) is 29.9 Å². The number of carboxylic acids is 1. The number of hydrogen-bond acceptors (Lipinski definition) is 6. The quantitative estimate of drug-likeness (QED) is 0.201. The molecule has 24 heavy (non-hydrogen) atoms. The number of aliphatic carboxylic acids is 1. The first-order valence-electron chi connectivity index (χ1n) is 7.74. The highest BCUT2D eigenvalue weighted by Crippen LogP contribution is 2.58. The van der Waals surface area contributed by atoms with Crippen molar-refractivity contribution in [2.24, 2.45) is 22.1 Å². The Labute approximate surface area is 144 Å². The molecule has 4 unspecified atom stereocenters. The molecule has 0 aromatic heterocycles. The number of carbonyl (C=O) groups excluding carboxylic acids is 1. The molecule has 9 heteroatoms. The van der Waals surface area contributed by atoms with Gasteiger partial charge in [0.2, 0.25) is 5.91 Å². The Morgan fingerprint density at radius 1 is 1.58 bits per heavy atom. The van der Waals surface area contributed by atoms with Gasteiger partial charge in [-0.3, -0.25) is 9.79 Å². The van der Waals surface area contributed by atoms with E-state index in [4.69, 9.17) is 5.73 Å². The Bertz CT molecular complexity index is 592. The molecule has 1 fully saturated rings. The van der Waals surface area contributed by atoms with Gasteiger partial charge < -0.3 is 26.0 Å². The highest BCUT2D eigenvalue weighted by molar-refractivity contribution is 8.03. The van der Waals surface area contributed by atoms with Gasteiger partial charge in [0, 0.05) is 22.7 Å². The molecule has 0 spiro atoms. The number of carboxylic acid groups (broad SMARTS) is 1. The molecule has 0 saturated carbocycles. The zero-order chi connectivity index (χ0) is 18.1. The number of rotatable bonds is 8. The monoisotopic (exact) mass is 357 g/mol. The van der Waals surface area contributed by atoms with Gasteiger partial charge in [-0.05, 0) is 13.3 Å². The van der Waals surface area contributed by atoms with Crippen molar-refractivity contribution in [3.05, 3.63) is 10.6 Å². The summed E-state index contributed by atoms with van der Waals surface area (Å²) < 4.78 is 0. The minimum Gasteiger partial charge on any atom is -0.477 e. The van der Waals surface area contributed by atoms with Crippen LogP contribution in [0.3, 0.4) is 0 Å². The smallest absolute Gasteiger partial charge is 0.353 e. The predicted octanol–water partition coefficient (Wildman–Crippen LogP) is -0.387. The summed E-state index contributed by atoms with van der Waals surface area (Å²) in [4.78, 5) is 29.9. The summed E-state index contributed by atoms with van der Waals surface area (Å²) in [6.45, 7) is 3.65. The Morgan fingerprint density at radius 2 is 2.25 bits per heavy atom. The van der Waals surface area contributed by atoms with Crippen LogP contribution in [0.2, 0.25) is 0 Å². The fourth-order valence-corrected chi connectivity index (χ4v) is 4.90. The van der Waals surface area contributed by atoms with E-state index in [1.54, 1.807) is 0 Å². The number of nitrogens with zero attached hydrogens (tertiary/aromatic N) is 2. The second-order valence-corrected chi connectivity index (χ2v) is 7.30. The molecule has 0 aromatic carbocycles. The Hall–Kier alpha value is -1.58. The van der Waals surface area contributed by atoms with Gasteiger partial charge in [-0.25, -0.2) is 4.79 Å². The van der Waals surface area contributed by atoms with Crippen molar-refractivity contribution in [1.82, 2.24) is 4.90 Å². The van der Waals surface area contributed by atoms with E-state index in [-0.39, 0.29) is 18.2 Å². The summed E-state index contributed by atoms with van der Waals surface area (Å²) in [7, 11) is 0. The molecule has 1 saturated heterocycles. The van der Waals surface area contributed by atoms with E-state index in [0.29, 0.717) is 23.6 Å². The third-order valence-electron chi connectivity index (χ3n) is 4.69. The summed E-state index contributed by atoms with van der Waals surface area (Å²) in [5, 5.41) is 29.0. The molecule has 0 radical (unpaired) electrons. The lowest BCUT2D eigenvalue weighted by Crippen LogP contribution is -2.66. The number of β-lactam (4-membered cyclic amide) rings is 1. The first-order chi connectivity index (χ1) is 11.3. The zero-order valence-corrected chi connectivity index (χ0v) is 14.5. The molecule has 0 bridgehead atoms. The van der Waals surface area contributed by atoms with Gasteiger partial charge in [0.05, 0.1) is 30.9 Å². The van der Waals surface area contributed by atoms with Gasteiger partial charge in [-0.1, -0.05) is 6.92 Å². The molecule has 0 aromatic rings. The standard InChI is InChI=1S/C15H23N3O5S/c1-8(20)9-11-15(2,3-5-19)12(24-6-4-17-7-16)10(14(22)23)18(11)13(9)21/h7-9,11,19-20H,3-6H2,1-2H3,(H2,16,17)(H,22,23). The third kappa shape index (κ3) is 2.80. The normalized spacial score (nSPS) is 30.7. The lowest BCUT2D eigenvalue weighted by atomic mass is 9.68. The molecule has 2 aliphatic heterocycles. The summed E-state index contributed by atoms with van der Waals surface area (Å²) in [6, 6.07) is -0.455. The number of hydrogen-bond donors (Lipinski definition) is 4. The minimum absolute atomic E-state index is 0.0421. The van der Waals surface area contributed by atoms with E-state index < -0.39 is 29.4 Å². The highest BCUT2D eigenvalue weighted by Gasteiger charge is 2.65. The average molecular weight is 357 g/mol. The summed E-state index contributed by atoms with van der Waals surface area (Å²) >= 11 is 1.31. The summed E-state index contributed by atoms with van der Waals surface area (Å²) in [5.74, 6) is -1.71. The number of aliphatic hydroxyl groups is 2. The van der Waals surface area contributed by atoms with Crippen molar-refractivity contribution >= 4 is 30.0 Å². The largest absolute Gasteiger partial charge is 0.477 e. The second-order valence-electron chi connectivity index (χ2n) is 6.20. The van der Waals surface area contributed by atoms with Gasteiger partial charge in [0.25, 0.3) is 0 Å². The number of aliphatic imine (C=N–C) groups is 1. The van der Waals surface area contributed by atoms with Crippen LogP contribution >= 0.6 is 11.8 Å². The van der Waals surface area contributed by atoms with Crippen LogP contribution in [0.25, 0.3) is 0 Å². The number of carbonyl (C=O) groups is 2. The molecule has 2 rings (SSSR count). The van der Waals surface area contributed by atoms with Gasteiger partial charge >= 0.3 is 5.97 Å². The fraction of sp³-hybridized carbons (Fsp3) is 0.667. The van der Waals surface area contributed by atoms with Gasteiger partial charge in [0.15, 0.2) is 0 Å². The van der Waals surface area contributed by atoms with Gasteiger partial charge in [0.1, 0.15) is 5.70 Å². The molecule has 5 N–H and O–H groups in total. The van der Waals surface area contributed by atoms with E-state index in [0.717, 1.165) is 0 Å². The van der Waals surface area contributed by atoms with E-state index >= 15 is 0 Å². The molecule has 0 aliphatic carbocycles. The van der Waals surface area contributed by atoms with Crippen molar-refractivity contribution in [3.63, 3.8) is 0 Å². The van der Waals surface area contributed by atoms with Crippen LogP contribution in [0.4, 0.5) is 0 Å². The molecule has 1 amide bonds. The lowest BCUT2D eigenvalue weighted by molar-refractivity contribution is -0.167. The maximum Gasteiger partial charge on any atom is 0.353 e. The Morgan fingerprint density at radius 3 is 2.75 bits per heavy atom. The molecular weight excluding hydrogens is 334 g/mol. The summed E-state index contributed by atoms with van der Waals surface area (Å²) in [6.07, 6.45) is 0.622. The first-order valence-corrected chi connectivity index (χ1v) is 8.72. The van der Waals surface area contributed by atoms with Crippen LogP contribution in [-0.2, 0) is 9.59 Å². The average Bonchev–Trinajstić information content (AvgIpc) is 2.70. The second kappa shape index (κ2) is 7.12. The number of aliphatic hydroxyl groups excluding tert-OH is 2. The molecule has 2 aliphatic rings. The number of amides is 1.